The quantitative estimate of drug-likeness (QED) is 0.829. The molecule has 1 atom stereocenters. The molecule has 0 saturated carbocycles. The molecular weight excluding hydrogens is 372 g/mol. The summed E-state index contributed by atoms with van der Waals surface area (Å²) in [7, 11) is 1.59. The minimum atomic E-state index is -0.928. The van der Waals surface area contributed by atoms with E-state index in [1.54, 1.807) is 11.6 Å². The summed E-state index contributed by atoms with van der Waals surface area (Å²) >= 11 is 0. The number of nitrogens with one attached hydrogen (secondary N) is 1. The van der Waals surface area contributed by atoms with Crippen LogP contribution in [-0.2, 0) is 13.0 Å². The van der Waals surface area contributed by atoms with E-state index in [-0.39, 0.29) is 29.4 Å². The van der Waals surface area contributed by atoms with Crippen LogP contribution in [0, 0.1) is 11.6 Å². The molecule has 1 unspecified atom stereocenters. The lowest BCUT2D eigenvalue weighted by Gasteiger charge is -2.32. The number of aromatic hydroxyl groups is 1. The molecule has 1 aromatic carbocycles. The molecule has 0 radical (unpaired) electrons. The summed E-state index contributed by atoms with van der Waals surface area (Å²) in [6.07, 6.45) is 1.03. The maximum atomic E-state index is 13.8. The van der Waals surface area contributed by atoms with Crippen LogP contribution in [0.25, 0.3) is 0 Å². The minimum Gasteiger partial charge on any atom is -0.503 e. The van der Waals surface area contributed by atoms with Crippen LogP contribution in [0.5, 0.6) is 5.75 Å². The lowest BCUT2D eigenvalue weighted by Crippen LogP contribution is -2.42. The number of rotatable bonds is 3. The molecule has 0 bridgehead atoms. The number of carbonyl (C=O) groups is 2. The molecule has 28 heavy (non-hydrogen) atoms. The number of amides is 2. The number of nitrogens with zero attached hydrogens (tertiary/aromatic N) is 2. The summed E-state index contributed by atoms with van der Waals surface area (Å²) in [5.41, 5.74) is -0.826. The third kappa shape index (κ3) is 2.65. The van der Waals surface area contributed by atoms with Gasteiger partial charge in [-0.05, 0) is 18.9 Å². The molecule has 146 valence electrons. The number of hydrogen-bond acceptors (Lipinski definition) is 4. The van der Waals surface area contributed by atoms with Crippen LogP contribution in [0.4, 0.5) is 8.78 Å². The molecule has 3 heterocycles. The molecule has 1 aromatic heterocycles. The minimum absolute atomic E-state index is 0.0585. The van der Waals surface area contributed by atoms with E-state index in [4.69, 9.17) is 0 Å². The van der Waals surface area contributed by atoms with Gasteiger partial charge in [0.1, 0.15) is 17.2 Å². The molecule has 2 aromatic rings. The van der Waals surface area contributed by atoms with Gasteiger partial charge in [0, 0.05) is 37.5 Å². The van der Waals surface area contributed by atoms with Crippen molar-refractivity contribution in [3.8, 4) is 5.75 Å². The normalized spacial score (nSPS) is 17.6. The molecule has 7 nitrogen and oxygen atoms in total. The van der Waals surface area contributed by atoms with Gasteiger partial charge in [0.15, 0.2) is 11.4 Å². The highest BCUT2D eigenvalue weighted by Crippen LogP contribution is 2.36. The fraction of sp³-hybridized carbons (Fsp3) is 0.316. The molecule has 4 rings (SSSR count). The molecule has 0 spiro atoms. The summed E-state index contributed by atoms with van der Waals surface area (Å²) in [5, 5.41) is 12.8. The number of benzene rings is 1. The average molecular weight is 389 g/mol. The third-order valence-electron chi connectivity index (χ3n) is 5.28. The Bertz CT molecular complexity index is 1080. The van der Waals surface area contributed by atoms with Crippen LogP contribution in [0.2, 0.25) is 0 Å². The Hall–Kier alpha value is -3.23. The molecule has 2 aliphatic rings. The summed E-state index contributed by atoms with van der Waals surface area (Å²) in [4.78, 5) is 39.1. The fourth-order valence-electron chi connectivity index (χ4n) is 3.93. The molecule has 0 fully saturated rings. The zero-order valence-corrected chi connectivity index (χ0v) is 15.0. The van der Waals surface area contributed by atoms with Crippen molar-refractivity contribution in [2.75, 3.05) is 13.6 Å². The molecule has 9 heteroatoms. The second-order valence-corrected chi connectivity index (χ2v) is 7.01. The van der Waals surface area contributed by atoms with Gasteiger partial charge in [0.25, 0.3) is 11.8 Å². The van der Waals surface area contributed by atoms with Crippen molar-refractivity contribution in [1.82, 2.24) is 14.8 Å². The Balaban J connectivity index is 1.71. The zero-order valence-electron chi connectivity index (χ0n) is 15.0. The maximum Gasteiger partial charge on any atom is 0.274 e. The molecule has 2 N–H and O–H groups in total. The van der Waals surface area contributed by atoms with Crippen molar-refractivity contribution in [3.63, 3.8) is 0 Å². The standard InChI is InChI=1S/C19H17F2N3O4/c1-23-8-11-4-5-13-14(16(25)17(26)15(19(23)28)24(11)13)18(27)22-7-9-2-3-10(20)6-12(9)21/h2-3,6,11,26H,4-5,7-8H2,1H3,(H,22,27). The van der Waals surface area contributed by atoms with Gasteiger partial charge >= 0.3 is 0 Å². The van der Waals surface area contributed by atoms with Gasteiger partial charge in [-0.1, -0.05) is 6.07 Å². The van der Waals surface area contributed by atoms with Crippen molar-refractivity contribution in [2.24, 2.45) is 0 Å². The van der Waals surface area contributed by atoms with Crippen LogP contribution < -0.4 is 10.7 Å². The predicted octanol–water partition coefficient (Wildman–Crippen LogP) is 1.33. The Morgan fingerprint density at radius 2 is 2.07 bits per heavy atom. The highest BCUT2D eigenvalue weighted by Gasteiger charge is 2.40. The Morgan fingerprint density at radius 1 is 1.32 bits per heavy atom. The van der Waals surface area contributed by atoms with Crippen molar-refractivity contribution in [1.29, 1.82) is 0 Å². The number of pyridine rings is 1. The highest BCUT2D eigenvalue weighted by molar-refractivity contribution is 6.00. The Labute approximate surface area is 158 Å². The number of halogens is 2. The van der Waals surface area contributed by atoms with Gasteiger partial charge in [-0.15, -0.1) is 0 Å². The first-order chi connectivity index (χ1) is 13.3. The van der Waals surface area contributed by atoms with Crippen LogP contribution in [0.1, 0.15) is 44.6 Å². The molecular formula is C19H17F2N3O4. The van der Waals surface area contributed by atoms with Crippen LogP contribution >= 0.6 is 0 Å². The third-order valence-corrected chi connectivity index (χ3v) is 5.28. The molecule has 0 aliphatic carbocycles. The Morgan fingerprint density at radius 3 is 2.79 bits per heavy atom. The predicted molar refractivity (Wildman–Crippen MR) is 94.2 cm³/mol. The maximum absolute atomic E-state index is 13.8. The molecule has 2 amide bonds. The van der Waals surface area contributed by atoms with E-state index in [1.807, 2.05) is 0 Å². The first-order valence-corrected chi connectivity index (χ1v) is 8.77. The zero-order chi connectivity index (χ0) is 20.2. The summed E-state index contributed by atoms with van der Waals surface area (Å²) < 4.78 is 28.3. The number of aromatic nitrogens is 1. The van der Waals surface area contributed by atoms with E-state index in [1.165, 1.54) is 11.0 Å². The summed E-state index contributed by atoms with van der Waals surface area (Å²) in [6.45, 7) is 0.167. The van der Waals surface area contributed by atoms with Gasteiger partial charge < -0.3 is 19.9 Å². The molecule has 2 aliphatic heterocycles. The van der Waals surface area contributed by atoms with Crippen LogP contribution in [-0.4, -0.2) is 40.0 Å². The Kier molecular flexibility index (Phi) is 4.17. The van der Waals surface area contributed by atoms with Crippen molar-refractivity contribution >= 4 is 11.8 Å². The SMILES string of the molecule is CN1CC2CCc3c(C(=O)NCc4ccc(F)cc4F)c(=O)c(O)c(n32)C1=O. The summed E-state index contributed by atoms with van der Waals surface area (Å²) in [6, 6.07) is 2.84. The van der Waals surface area contributed by atoms with Gasteiger partial charge in [0.05, 0.1) is 6.04 Å². The van der Waals surface area contributed by atoms with Gasteiger partial charge in [0.2, 0.25) is 5.43 Å². The van der Waals surface area contributed by atoms with E-state index in [2.05, 4.69) is 5.32 Å². The fourth-order valence-corrected chi connectivity index (χ4v) is 3.93. The van der Waals surface area contributed by atoms with Crippen molar-refractivity contribution in [2.45, 2.75) is 25.4 Å². The first kappa shape index (κ1) is 18.1. The monoisotopic (exact) mass is 389 g/mol. The molecule has 0 saturated heterocycles. The largest absolute Gasteiger partial charge is 0.503 e. The van der Waals surface area contributed by atoms with Crippen molar-refractivity contribution < 1.29 is 23.5 Å². The van der Waals surface area contributed by atoms with E-state index in [9.17, 15) is 28.3 Å². The van der Waals surface area contributed by atoms with Gasteiger partial charge in [-0.2, -0.15) is 0 Å². The van der Waals surface area contributed by atoms with E-state index >= 15 is 0 Å². The van der Waals surface area contributed by atoms with Crippen LogP contribution in [0.15, 0.2) is 23.0 Å². The smallest absolute Gasteiger partial charge is 0.274 e. The van der Waals surface area contributed by atoms with Gasteiger partial charge in [-0.3, -0.25) is 14.4 Å². The van der Waals surface area contributed by atoms with Crippen LogP contribution in [0.3, 0.4) is 0 Å². The lowest BCUT2D eigenvalue weighted by atomic mass is 10.1. The average Bonchev–Trinajstić information content (AvgIpc) is 3.04. The van der Waals surface area contributed by atoms with E-state index in [0.29, 0.717) is 31.1 Å². The van der Waals surface area contributed by atoms with E-state index in [0.717, 1.165) is 6.07 Å². The van der Waals surface area contributed by atoms with E-state index < -0.39 is 34.6 Å². The summed E-state index contributed by atoms with van der Waals surface area (Å²) in [5.74, 6) is -3.57. The highest BCUT2D eigenvalue weighted by atomic mass is 19.1. The second-order valence-electron chi connectivity index (χ2n) is 7.01. The topological polar surface area (TPSA) is 91.6 Å². The number of hydrogen-bond donors (Lipinski definition) is 2. The van der Waals surface area contributed by atoms with Gasteiger partial charge in [-0.25, -0.2) is 8.78 Å². The number of likely N-dealkylation sites (N-methyl/N-ethyl adjacent to an activating group) is 1. The van der Waals surface area contributed by atoms with Crippen molar-refractivity contribution in [3.05, 3.63) is 62.6 Å². The second kappa shape index (κ2) is 6.43. The first-order valence-electron chi connectivity index (χ1n) is 8.77. The number of carbonyl (C=O) groups excluding carboxylic acids is 2. The lowest BCUT2D eigenvalue weighted by molar-refractivity contribution is 0.0713.